The van der Waals surface area contributed by atoms with Crippen LogP contribution in [0.25, 0.3) is 10.8 Å². The first-order chi connectivity index (χ1) is 27.4. The SMILES string of the molecule is COc1ccc([C@@]23C(=O)N(Nc4ccc(Cl)cc4Cl)C(=O)[C@@H]2C[C@@H]2C(=CC[C@@H]4C(=O)N(c5cccc(B(O)O)c5)C(=O)[C@@H]42)[C@@H]3c2ccc3ccccc3c2O)cc1. The maximum Gasteiger partial charge on any atom is 0.488 e. The second-order valence-corrected chi connectivity index (χ2v) is 15.8. The smallest absolute Gasteiger partial charge is 0.488 e. The topological polar surface area (TPSA) is 157 Å². The zero-order valence-electron chi connectivity index (χ0n) is 30.3. The molecule has 286 valence electrons. The molecule has 4 N–H and O–H groups in total. The molecule has 9 rings (SSSR count). The van der Waals surface area contributed by atoms with E-state index in [-0.39, 0.29) is 40.5 Å². The number of nitrogens with one attached hydrogen (secondary N) is 1. The number of aromatic hydroxyl groups is 1. The Bertz CT molecular complexity index is 2570. The van der Waals surface area contributed by atoms with Crippen molar-refractivity contribution < 1.29 is 39.1 Å². The summed E-state index contributed by atoms with van der Waals surface area (Å²) in [5, 5.41) is 34.8. The van der Waals surface area contributed by atoms with Crippen molar-refractivity contribution in [2.75, 3.05) is 17.4 Å². The Hall–Kier alpha value is -5.66. The second kappa shape index (κ2) is 13.8. The third-order valence-corrected chi connectivity index (χ3v) is 12.8. The van der Waals surface area contributed by atoms with Crippen molar-refractivity contribution in [1.82, 2.24) is 5.01 Å². The van der Waals surface area contributed by atoms with Crippen LogP contribution in [0.1, 0.15) is 29.9 Å². The molecule has 5 aromatic carbocycles. The van der Waals surface area contributed by atoms with Crippen LogP contribution in [-0.2, 0) is 24.6 Å². The molecule has 4 amide bonds. The standard InChI is InChI=1S/C43H34BCl2N3O8/c1-57-27-13-10-23(11-14-27)43-33(40(52)49(42(43)54)47-35-18-12-25(45)20-34(35)46)21-32-29(37(43)31-15-9-22-5-2-3-8-28(22)38(31)50)16-17-30-36(32)41(53)48(39(30)51)26-7-4-6-24(19-26)44(55)56/h2-16,18-20,30,32-33,36-37,47,50,55-56H,17,21H2,1H3/t30-,32+,33-,36-,37+,43+/m0/s1. The molecule has 0 spiro atoms. The number of methoxy groups -OCH3 is 1. The van der Waals surface area contributed by atoms with Crippen LogP contribution in [0.2, 0.25) is 10.0 Å². The molecule has 4 aliphatic rings. The fourth-order valence-corrected chi connectivity index (χ4v) is 10.2. The molecular formula is C43H34BCl2N3O8. The molecule has 3 fully saturated rings. The van der Waals surface area contributed by atoms with Gasteiger partial charge in [-0.3, -0.25) is 29.5 Å². The number of carbonyl (C=O) groups is 4. The lowest BCUT2D eigenvalue weighted by atomic mass is 9.49. The molecule has 0 radical (unpaired) electrons. The van der Waals surface area contributed by atoms with E-state index in [4.69, 9.17) is 27.9 Å². The summed E-state index contributed by atoms with van der Waals surface area (Å²) in [5.41, 5.74) is 3.41. The van der Waals surface area contributed by atoms with E-state index in [1.54, 1.807) is 60.7 Å². The van der Waals surface area contributed by atoms with Gasteiger partial charge in [-0.25, -0.2) is 0 Å². The van der Waals surface area contributed by atoms with E-state index in [0.717, 1.165) is 15.3 Å². The van der Waals surface area contributed by atoms with Crippen molar-refractivity contribution in [2.45, 2.75) is 24.2 Å². The molecule has 0 aromatic heterocycles. The fourth-order valence-electron chi connectivity index (χ4n) is 9.77. The molecule has 11 nitrogen and oxygen atoms in total. The maximum atomic E-state index is 15.6. The molecule has 14 heteroatoms. The number of phenolic OH excluding ortho intramolecular Hbond substituents is 1. The Morgan fingerprint density at radius 2 is 1.61 bits per heavy atom. The number of rotatable bonds is 7. The summed E-state index contributed by atoms with van der Waals surface area (Å²) in [7, 11) is -0.296. The van der Waals surface area contributed by atoms with E-state index in [1.807, 2.05) is 24.3 Å². The van der Waals surface area contributed by atoms with Gasteiger partial charge in [-0.05, 0) is 77.6 Å². The van der Waals surface area contributed by atoms with Crippen molar-refractivity contribution in [1.29, 1.82) is 0 Å². The van der Waals surface area contributed by atoms with Crippen LogP contribution in [0.4, 0.5) is 11.4 Å². The number of nitrogens with zero attached hydrogens (tertiary/aromatic N) is 2. The number of imide groups is 2. The summed E-state index contributed by atoms with van der Waals surface area (Å²) in [6, 6.07) is 28.5. The summed E-state index contributed by atoms with van der Waals surface area (Å²) >= 11 is 12.8. The van der Waals surface area contributed by atoms with Gasteiger partial charge in [0.1, 0.15) is 11.5 Å². The van der Waals surface area contributed by atoms with E-state index >= 15 is 9.59 Å². The highest BCUT2D eigenvalue weighted by atomic mass is 35.5. The van der Waals surface area contributed by atoms with Crippen LogP contribution >= 0.6 is 23.2 Å². The number of anilines is 2. The lowest BCUT2D eigenvalue weighted by Gasteiger charge is -2.50. The van der Waals surface area contributed by atoms with Gasteiger partial charge in [0.05, 0.1) is 46.7 Å². The van der Waals surface area contributed by atoms with Gasteiger partial charge in [0, 0.05) is 21.9 Å². The fraction of sp³-hybridized carbons (Fsp3) is 0.209. The first-order valence-electron chi connectivity index (χ1n) is 18.4. The van der Waals surface area contributed by atoms with Gasteiger partial charge in [-0.1, -0.05) is 95.5 Å². The highest BCUT2D eigenvalue weighted by molar-refractivity contribution is 6.58. The third kappa shape index (κ3) is 5.49. The molecule has 2 aliphatic carbocycles. The number of halogens is 2. The molecule has 2 aliphatic heterocycles. The van der Waals surface area contributed by atoms with Gasteiger partial charge in [0.2, 0.25) is 11.8 Å². The largest absolute Gasteiger partial charge is 0.507 e. The average molecular weight is 802 g/mol. The summed E-state index contributed by atoms with van der Waals surface area (Å²) in [6.45, 7) is 0. The number of hydrazine groups is 1. The van der Waals surface area contributed by atoms with E-state index in [2.05, 4.69) is 5.43 Å². The lowest BCUT2D eigenvalue weighted by Crippen LogP contribution is -2.53. The number of amides is 4. The number of ether oxygens (including phenoxy) is 1. The van der Waals surface area contributed by atoms with Crippen LogP contribution in [0.15, 0.2) is 115 Å². The highest BCUT2D eigenvalue weighted by Crippen LogP contribution is 2.65. The molecule has 0 bridgehead atoms. The van der Waals surface area contributed by atoms with Crippen LogP contribution in [0.3, 0.4) is 0 Å². The average Bonchev–Trinajstić information content (AvgIpc) is 3.60. The first-order valence-corrected chi connectivity index (χ1v) is 19.2. The molecule has 6 atom stereocenters. The summed E-state index contributed by atoms with van der Waals surface area (Å²) < 4.78 is 5.48. The van der Waals surface area contributed by atoms with E-state index in [1.165, 1.54) is 31.4 Å². The second-order valence-electron chi connectivity index (χ2n) is 14.9. The van der Waals surface area contributed by atoms with Gasteiger partial charge >= 0.3 is 7.12 Å². The predicted molar refractivity (Wildman–Crippen MR) is 215 cm³/mol. The number of hydrogen-bond donors (Lipinski definition) is 4. The molecule has 1 saturated carbocycles. The van der Waals surface area contributed by atoms with Crippen LogP contribution in [0, 0.1) is 23.7 Å². The highest BCUT2D eigenvalue weighted by Gasteiger charge is 2.70. The predicted octanol–water partition coefficient (Wildman–Crippen LogP) is 5.73. The monoisotopic (exact) mass is 801 g/mol. The minimum atomic E-state index is -1.82. The lowest BCUT2D eigenvalue weighted by molar-refractivity contribution is -0.138. The van der Waals surface area contributed by atoms with Crippen molar-refractivity contribution in [3.8, 4) is 11.5 Å². The normalized spacial score (nSPS) is 25.3. The van der Waals surface area contributed by atoms with Crippen LogP contribution in [0.5, 0.6) is 11.5 Å². The van der Waals surface area contributed by atoms with Gasteiger partial charge in [-0.2, -0.15) is 5.01 Å². The van der Waals surface area contributed by atoms with Crippen LogP contribution < -0.4 is 20.5 Å². The van der Waals surface area contributed by atoms with E-state index in [0.29, 0.717) is 32.9 Å². The zero-order valence-corrected chi connectivity index (χ0v) is 31.8. The quantitative estimate of drug-likeness (QED) is 0.0918. The van der Waals surface area contributed by atoms with Gasteiger partial charge < -0.3 is 19.9 Å². The minimum absolute atomic E-state index is 0.0171. The summed E-state index contributed by atoms with van der Waals surface area (Å²) in [6.07, 6.45) is 2.07. The van der Waals surface area contributed by atoms with E-state index < -0.39 is 65.8 Å². The number of allylic oxidation sites excluding steroid dienone is 2. The van der Waals surface area contributed by atoms with Crippen molar-refractivity contribution in [3.63, 3.8) is 0 Å². The number of carbonyl (C=O) groups excluding carboxylic acids is 4. The Balaban J connectivity index is 1.26. The number of hydrogen-bond acceptors (Lipinski definition) is 9. The van der Waals surface area contributed by atoms with Gasteiger partial charge in [-0.15, -0.1) is 0 Å². The molecule has 2 heterocycles. The maximum absolute atomic E-state index is 15.6. The van der Waals surface area contributed by atoms with Gasteiger partial charge in [0.15, 0.2) is 0 Å². The Morgan fingerprint density at radius 1 is 0.842 bits per heavy atom. The summed E-state index contributed by atoms with van der Waals surface area (Å²) in [5.74, 6) is -6.17. The Labute approximate surface area is 337 Å². The third-order valence-electron chi connectivity index (χ3n) is 12.2. The van der Waals surface area contributed by atoms with Crippen molar-refractivity contribution in [2.24, 2.45) is 23.7 Å². The zero-order chi connectivity index (χ0) is 39.9. The molecular weight excluding hydrogens is 768 g/mol. The van der Waals surface area contributed by atoms with Gasteiger partial charge in [0.25, 0.3) is 11.8 Å². The molecule has 57 heavy (non-hydrogen) atoms. The number of phenols is 1. The Morgan fingerprint density at radius 3 is 2.35 bits per heavy atom. The number of benzene rings is 5. The molecule has 0 unspecified atom stereocenters. The first kappa shape index (κ1) is 37.0. The number of fused-ring (bicyclic) bond motifs is 5. The summed E-state index contributed by atoms with van der Waals surface area (Å²) in [4.78, 5) is 60.6. The van der Waals surface area contributed by atoms with Crippen LogP contribution in [-0.4, -0.2) is 58.0 Å². The van der Waals surface area contributed by atoms with E-state index in [9.17, 15) is 24.7 Å². The Kier molecular flexibility index (Phi) is 8.93. The minimum Gasteiger partial charge on any atom is -0.507 e. The molecule has 2 saturated heterocycles. The van der Waals surface area contributed by atoms with Crippen molar-refractivity contribution in [3.05, 3.63) is 136 Å². The van der Waals surface area contributed by atoms with Crippen molar-refractivity contribution >= 4 is 81.6 Å². The molecule has 5 aromatic rings.